The molecule has 4 atom stereocenters. The molecule has 0 spiro atoms. The van der Waals surface area contributed by atoms with Crippen molar-refractivity contribution in [2.45, 2.75) is 64.6 Å². The second-order valence-electron chi connectivity index (χ2n) is 10.2. The van der Waals surface area contributed by atoms with Gasteiger partial charge in [-0.1, -0.05) is 43.3 Å². The van der Waals surface area contributed by atoms with Gasteiger partial charge in [0.15, 0.2) is 0 Å². The summed E-state index contributed by atoms with van der Waals surface area (Å²) in [4.78, 5) is 46.3. The Morgan fingerprint density at radius 2 is 1.95 bits per heavy atom. The lowest BCUT2D eigenvalue weighted by molar-refractivity contribution is -0.143. The van der Waals surface area contributed by atoms with Crippen molar-refractivity contribution in [2.75, 3.05) is 13.7 Å². The number of hydrogen-bond acceptors (Lipinski definition) is 9. The number of aryl methyl sites for hydroxylation is 2. The van der Waals surface area contributed by atoms with E-state index in [9.17, 15) is 19.5 Å². The largest absolute Gasteiger partial charge is 0.469 e. The number of carbonyl (C=O) groups is 3. The van der Waals surface area contributed by atoms with Crippen LogP contribution in [0.2, 0.25) is 0 Å². The lowest BCUT2D eigenvalue weighted by atomic mass is 9.91. The van der Waals surface area contributed by atoms with Crippen molar-refractivity contribution >= 4 is 29.1 Å². The number of esters is 1. The van der Waals surface area contributed by atoms with Crippen LogP contribution in [0, 0.1) is 19.8 Å². The SMILES string of the molecule is COC(=O)C[C@@H](NC(=O)[C@H]1C[C@H](O)CN1C(=O)C(c1cc(C)no1)C(C)C)c1ccc(-c2scnc2C)cc1. The summed E-state index contributed by atoms with van der Waals surface area (Å²) in [5, 5.41) is 17.3. The van der Waals surface area contributed by atoms with Crippen molar-refractivity contribution < 1.29 is 28.8 Å². The van der Waals surface area contributed by atoms with Crippen molar-refractivity contribution in [1.29, 1.82) is 0 Å². The summed E-state index contributed by atoms with van der Waals surface area (Å²) in [5.41, 5.74) is 5.07. The van der Waals surface area contributed by atoms with Crippen molar-refractivity contribution in [3.05, 3.63) is 58.6 Å². The summed E-state index contributed by atoms with van der Waals surface area (Å²) in [6.07, 6.45) is -0.849. The number of hydrogen-bond donors (Lipinski definition) is 2. The van der Waals surface area contributed by atoms with Gasteiger partial charge in [0.1, 0.15) is 17.7 Å². The smallest absolute Gasteiger partial charge is 0.307 e. The third-order valence-corrected chi connectivity index (χ3v) is 7.96. The van der Waals surface area contributed by atoms with Gasteiger partial charge in [0.05, 0.1) is 47.5 Å². The molecule has 2 N–H and O–H groups in total. The molecule has 3 aromatic rings. The third-order valence-electron chi connectivity index (χ3n) is 6.99. The number of ether oxygens (including phenoxy) is 1. The van der Waals surface area contributed by atoms with Gasteiger partial charge >= 0.3 is 5.97 Å². The second-order valence-corrected chi connectivity index (χ2v) is 11.1. The molecule has 2 amide bonds. The fourth-order valence-electron chi connectivity index (χ4n) is 4.97. The zero-order valence-corrected chi connectivity index (χ0v) is 23.5. The van der Waals surface area contributed by atoms with Crippen molar-refractivity contribution in [3.8, 4) is 10.4 Å². The number of aliphatic hydroxyl groups excluding tert-OH is 1. The van der Waals surface area contributed by atoms with Gasteiger partial charge in [-0.25, -0.2) is 4.98 Å². The topological polar surface area (TPSA) is 135 Å². The summed E-state index contributed by atoms with van der Waals surface area (Å²) in [6.45, 7) is 7.53. The molecule has 4 rings (SSSR count). The summed E-state index contributed by atoms with van der Waals surface area (Å²) >= 11 is 1.54. The maximum atomic E-state index is 13.7. The Morgan fingerprint density at radius 3 is 2.51 bits per heavy atom. The van der Waals surface area contributed by atoms with Gasteiger partial charge in [-0.05, 0) is 30.9 Å². The molecule has 1 aliphatic heterocycles. The number of amides is 2. The Hall–Kier alpha value is -3.57. The van der Waals surface area contributed by atoms with Gasteiger partial charge in [0.25, 0.3) is 0 Å². The van der Waals surface area contributed by atoms with E-state index in [4.69, 9.17) is 9.26 Å². The van der Waals surface area contributed by atoms with Crippen LogP contribution in [0.3, 0.4) is 0 Å². The first-order valence-electron chi connectivity index (χ1n) is 12.9. The van der Waals surface area contributed by atoms with E-state index in [0.717, 1.165) is 16.1 Å². The van der Waals surface area contributed by atoms with Crippen LogP contribution in [-0.4, -0.2) is 63.7 Å². The Kier molecular flexibility index (Phi) is 8.81. The van der Waals surface area contributed by atoms with E-state index >= 15 is 0 Å². The minimum absolute atomic E-state index is 0.0256. The highest BCUT2D eigenvalue weighted by Gasteiger charge is 2.43. The highest BCUT2D eigenvalue weighted by molar-refractivity contribution is 7.13. The molecule has 11 heteroatoms. The first-order valence-corrected chi connectivity index (χ1v) is 13.8. The highest BCUT2D eigenvalue weighted by Crippen LogP contribution is 2.32. The highest BCUT2D eigenvalue weighted by atomic mass is 32.1. The Bertz CT molecular complexity index is 1320. The minimum atomic E-state index is -0.906. The van der Waals surface area contributed by atoms with E-state index in [1.54, 1.807) is 18.5 Å². The monoisotopic (exact) mass is 554 g/mol. The van der Waals surface area contributed by atoms with Crippen molar-refractivity contribution in [2.24, 2.45) is 5.92 Å². The molecule has 0 bridgehead atoms. The molecular weight excluding hydrogens is 520 g/mol. The van der Waals surface area contributed by atoms with Crippen LogP contribution < -0.4 is 5.32 Å². The number of aromatic nitrogens is 2. The summed E-state index contributed by atoms with van der Waals surface area (Å²) in [6, 6.07) is 7.69. The Balaban J connectivity index is 1.56. The van der Waals surface area contributed by atoms with Crippen LogP contribution in [0.4, 0.5) is 0 Å². The number of carbonyl (C=O) groups excluding carboxylic acids is 3. The Morgan fingerprint density at radius 1 is 1.23 bits per heavy atom. The minimum Gasteiger partial charge on any atom is -0.469 e. The first-order chi connectivity index (χ1) is 18.6. The molecular formula is C28H34N4O6S. The van der Waals surface area contributed by atoms with E-state index in [2.05, 4.69) is 15.5 Å². The van der Waals surface area contributed by atoms with Crippen LogP contribution >= 0.6 is 11.3 Å². The van der Waals surface area contributed by atoms with E-state index in [1.807, 2.05) is 45.0 Å². The van der Waals surface area contributed by atoms with Crippen LogP contribution in [-0.2, 0) is 19.1 Å². The molecule has 0 aliphatic carbocycles. The van der Waals surface area contributed by atoms with E-state index in [0.29, 0.717) is 17.0 Å². The fourth-order valence-corrected chi connectivity index (χ4v) is 5.78. The van der Waals surface area contributed by atoms with Crippen molar-refractivity contribution in [3.63, 3.8) is 0 Å². The maximum absolute atomic E-state index is 13.7. The standard InChI is InChI=1S/C28H34N4O6S/c1-15(2)25(23-10-16(3)31-38-23)28(36)32-13-20(33)11-22(32)27(35)30-21(12-24(34)37-5)18-6-8-19(9-7-18)26-17(4)29-14-39-26/h6-10,14-15,20-22,25,33H,11-13H2,1-5H3,(H,30,35)/t20-,21+,22+,25?/m0/s1. The number of aliphatic hydroxyl groups is 1. The maximum Gasteiger partial charge on any atom is 0.307 e. The van der Waals surface area contributed by atoms with Crippen molar-refractivity contribution in [1.82, 2.24) is 20.4 Å². The van der Waals surface area contributed by atoms with Gasteiger partial charge in [0.2, 0.25) is 11.8 Å². The molecule has 39 heavy (non-hydrogen) atoms. The molecule has 0 radical (unpaired) electrons. The molecule has 208 valence electrons. The predicted octanol–water partition coefficient (Wildman–Crippen LogP) is 3.54. The zero-order valence-electron chi connectivity index (χ0n) is 22.7. The number of nitrogens with one attached hydrogen (secondary N) is 1. The van der Waals surface area contributed by atoms with Gasteiger partial charge in [-0.2, -0.15) is 0 Å². The zero-order chi connectivity index (χ0) is 28.3. The number of benzene rings is 1. The Labute approximate surface area is 231 Å². The molecule has 2 aromatic heterocycles. The normalized spacial score (nSPS) is 18.7. The van der Waals surface area contributed by atoms with Crippen LogP contribution in [0.1, 0.15) is 61.4 Å². The number of nitrogens with zero attached hydrogens (tertiary/aromatic N) is 3. The number of β-amino-alcohol motifs (C(OH)–C–C–N with tert-alkyl or cyclic N) is 1. The van der Waals surface area contributed by atoms with Gasteiger partial charge in [0, 0.05) is 19.0 Å². The van der Waals surface area contributed by atoms with Crippen LogP contribution in [0.25, 0.3) is 10.4 Å². The number of thiazole rings is 1. The number of likely N-dealkylation sites (tertiary alicyclic amines) is 1. The quantitative estimate of drug-likeness (QED) is 0.384. The average Bonchev–Trinajstić information content (AvgIpc) is 3.63. The lowest BCUT2D eigenvalue weighted by Crippen LogP contribution is -2.49. The molecule has 1 unspecified atom stereocenters. The summed E-state index contributed by atoms with van der Waals surface area (Å²) in [7, 11) is 1.29. The predicted molar refractivity (Wildman–Crippen MR) is 145 cm³/mol. The first kappa shape index (κ1) is 28.4. The van der Waals surface area contributed by atoms with Gasteiger partial charge < -0.3 is 24.6 Å². The van der Waals surface area contributed by atoms with Crippen LogP contribution in [0.15, 0.2) is 40.4 Å². The van der Waals surface area contributed by atoms with E-state index in [-0.39, 0.29) is 31.2 Å². The third kappa shape index (κ3) is 6.36. The number of methoxy groups -OCH3 is 1. The number of rotatable bonds is 9. The molecule has 1 saturated heterocycles. The molecule has 1 aliphatic rings. The summed E-state index contributed by atoms with van der Waals surface area (Å²) in [5.74, 6) is -1.60. The molecule has 1 aromatic carbocycles. The van der Waals surface area contributed by atoms with E-state index in [1.165, 1.54) is 23.3 Å². The second kappa shape index (κ2) is 12.1. The van der Waals surface area contributed by atoms with Crippen LogP contribution in [0.5, 0.6) is 0 Å². The fraction of sp³-hybridized carbons (Fsp3) is 0.464. The molecule has 1 fully saturated rings. The summed E-state index contributed by atoms with van der Waals surface area (Å²) < 4.78 is 10.3. The molecule has 0 saturated carbocycles. The molecule has 10 nitrogen and oxygen atoms in total. The van der Waals surface area contributed by atoms with Gasteiger partial charge in [-0.3, -0.25) is 14.4 Å². The van der Waals surface area contributed by atoms with Gasteiger partial charge in [-0.15, -0.1) is 11.3 Å². The lowest BCUT2D eigenvalue weighted by Gasteiger charge is -2.30. The average molecular weight is 555 g/mol. The molecule has 3 heterocycles. The van der Waals surface area contributed by atoms with E-state index < -0.39 is 36.0 Å².